The molecule has 6 nitrogen and oxygen atoms in total. The minimum atomic E-state index is -1.10. The highest BCUT2D eigenvalue weighted by molar-refractivity contribution is 5.93. The Morgan fingerprint density at radius 3 is 2.73 bits per heavy atom. The van der Waals surface area contributed by atoms with E-state index < -0.39 is 18.4 Å². The molecule has 1 rings (SSSR count). The number of aromatic nitrogens is 1. The standard InChI is InChI=1S/C9H12N2O4/c1-5(2)7-3-6(11-15-7)9(14)10-4-8(12)13/h3,5H,4H2,1-2H3,(H,10,14)(H,12,13). The van der Waals surface area contributed by atoms with E-state index in [-0.39, 0.29) is 11.6 Å². The van der Waals surface area contributed by atoms with Crippen LogP contribution in [0.2, 0.25) is 0 Å². The molecule has 0 aliphatic carbocycles. The van der Waals surface area contributed by atoms with Crippen molar-refractivity contribution in [3.05, 3.63) is 17.5 Å². The molecule has 1 heterocycles. The summed E-state index contributed by atoms with van der Waals surface area (Å²) in [4.78, 5) is 21.5. The number of hydrogen-bond acceptors (Lipinski definition) is 4. The summed E-state index contributed by atoms with van der Waals surface area (Å²) in [5, 5.41) is 14.1. The summed E-state index contributed by atoms with van der Waals surface area (Å²) >= 11 is 0. The maximum Gasteiger partial charge on any atom is 0.322 e. The zero-order chi connectivity index (χ0) is 11.4. The Morgan fingerprint density at radius 2 is 2.27 bits per heavy atom. The van der Waals surface area contributed by atoms with Gasteiger partial charge in [-0.2, -0.15) is 0 Å². The fourth-order valence-electron chi connectivity index (χ4n) is 0.915. The summed E-state index contributed by atoms with van der Waals surface area (Å²) < 4.78 is 4.90. The summed E-state index contributed by atoms with van der Waals surface area (Å²) in [6, 6.07) is 1.50. The van der Waals surface area contributed by atoms with Crippen LogP contribution in [-0.4, -0.2) is 28.7 Å². The molecule has 0 atom stereocenters. The zero-order valence-corrected chi connectivity index (χ0v) is 8.48. The maximum atomic E-state index is 11.3. The first-order valence-electron chi connectivity index (χ1n) is 4.47. The van der Waals surface area contributed by atoms with Crippen LogP contribution in [0.3, 0.4) is 0 Å². The van der Waals surface area contributed by atoms with Gasteiger partial charge in [-0.25, -0.2) is 0 Å². The van der Waals surface area contributed by atoms with E-state index in [2.05, 4.69) is 10.5 Å². The summed E-state index contributed by atoms with van der Waals surface area (Å²) in [7, 11) is 0. The molecular formula is C9H12N2O4. The van der Waals surface area contributed by atoms with Crippen LogP contribution in [0, 0.1) is 0 Å². The van der Waals surface area contributed by atoms with Crippen LogP contribution in [0.25, 0.3) is 0 Å². The molecule has 1 aromatic rings. The minimum absolute atomic E-state index is 0.0972. The molecule has 82 valence electrons. The molecule has 0 radical (unpaired) electrons. The molecule has 2 N–H and O–H groups in total. The lowest BCUT2D eigenvalue weighted by Crippen LogP contribution is -2.29. The van der Waals surface area contributed by atoms with Crippen molar-refractivity contribution in [3.63, 3.8) is 0 Å². The van der Waals surface area contributed by atoms with Crippen LogP contribution >= 0.6 is 0 Å². The molecule has 6 heteroatoms. The lowest BCUT2D eigenvalue weighted by Gasteiger charge is -1.96. The predicted octanol–water partition coefficient (Wildman–Crippen LogP) is 0.612. The van der Waals surface area contributed by atoms with Crippen molar-refractivity contribution in [2.24, 2.45) is 0 Å². The number of nitrogens with zero attached hydrogens (tertiary/aromatic N) is 1. The average molecular weight is 212 g/mol. The van der Waals surface area contributed by atoms with Crippen LogP contribution in [0.5, 0.6) is 0 Å². The second-order valence-electron chi connectivity index (χ2n) is 3.35. The number of amides is 1. The molecule has 1 aromatic heterocycles. The minimum Gasteiger partial charge on any atom is -0.480 e. The highest BCUT2D eigenvalue weighted by atomic mass is 16.5. The monoisotopic (exact) mass is 212 g/mol. The van der Waals surface area contributed by atoms with E-state index in [1.54, 1.807) is 0 Å². The van der Waals surface area contributed by atoms with Crippen molar-refractivity contribution in [2.45, 2.75) is 19.8 Å². The molecule has 15 heavy (non-hydrogen) atoms. The smallest absolute Gasteiger partial charge is 0.322 e. The van der Waals surface area contributed by atoms with Gasteiger partial charge < -0.3 is 14.9 Å². The van der Waals surface area contributed by atoms with Crippen molar-refractivity contribution < 1.29 is 19.2 Å². The first-order chi connectivity index (χ1) is 7.00. The number of nitrogens with one attached hydrogen (secondary N) is 1. The number of carboxylic acids is 1. The fraction of sp³-hybridized carbons (Fsp3) is 0.444. The average Bonchev–Trinajstić information content (AvgIpc) is 2.62. The molecule has 0 aliphatic rings. The summed E-state index contributed by atoms with van der Waals surface area (Å²) in [5.74, 6) is -0.919. The third-order valence-corrected chi connectivity index (χ3v) is 1.73. The van der Waals surface area contributed by atoms with Crippen molar-refractivity contribution in [1.29, 1.82) is 0 Å². The third kappa shape index (κ3) is 3.08. The molecule has 0 fully saturated rings. The molecule has 0 saturated carbocycles. The van der Waals surface area contributed by atoms with Crippen LogP contribution in [-0.2, 0) is 4.79 Å². The fourth-order valence-corrected chi connectivity index (χ4v) is 0.915. The van der Waals surface area contributed by atoms with E-state index >= 15 is 0 Å². The molecule has 0 aliphatic heterocycles. The van der Waals surface area contributed by atoms with Gasteiger partial charge in [0.25, 0.3) is 5.91 Å². The topological polar surface area (TPSA) is 92.4 Å². The Bertz CT molecular complexity index is 370. The van der Waals surface area contributed by atoms with E-state index in [0.29, 0.717) is 5.76 Å². The lowest BCUT2D eigenvalue weighted by atomic mass is 10.1. The second kappa shape index (κ2) is 4.59. The van der Waals surface area contributed by atoms with Gasteiger partial charge in [-0.15, -0.1) is 0 Å². The van der Waals surface area contributed by atoms with Gasteiger partial charge in [0.1, 0.15) is 12.3 Å². The van der Waals surface area contributed by atoms with Crippen LogP contribution < -0.4 is 5.32 Å². The maximum absolute atomic E-state index is 11.3. The first kappa shape index (κ1) is 11.2. The van der Waals surface area contributed by atoms with Gasteiger partial charge in [-0.3, -0.25) is 9.59 Å². The van der Waals surface area contributed by atoms with E-state index in [9.17, 15) is 9.59 Å². The zero-order valence-electron chi connectivity index (χ0n) is 8.48. The van der Waals surface area contributed by atoms with E-state index in [1.807, 2.05) is 13.8 Å². The van der Waals surface area contributed by atoms with Gasteiger partial charge in [-0.1, -0.05) is 19.0 Å². The quantitative estimate of drug-likeness (QED) is 0.762. The number of carboxylic acid groups (broad SMARTS) is 1. The Kier molecular flexibility index (Phi) is 3.43. The number of rotatable bonds is 4. The van der Waals surface area contributed by atoms with Crippen molar-refractivity contribution in [1.82, 2.24) is 10.5 Å². The molecule has 0 aromatic carbocycles. The SMILES string of the molecule is CC(C)c1cc(C(=O)NCC(=O)O)no1. The first-order valence-corrected chi connectivity index (χ1v) is 4.47. The second-order valence-corrected chi connectivity index (χ2v) is 3.35. The third-order valence-electron chi connectivity index (χ3n) is 1.73. The molecule has 0 unspecified atom stereocenters. The van der Waals surface area contributed by atoms with Crippen molar-refractivity contribution in [2.75, 3.05) is 6.54 Å². The molecular weight excluding hydrogens is 200 g/mol. The van der Waals surface area contributed by atoms with Gasteiger partial charge in [0.2, 0.25) is 0 Å². The molecule has 0 spiro atoms. The van der Waals surface area contributed by atoms with Gasteiger partial charge in [0, 0.05) is 12.0 Å². The lowest BCUT2D eigenvalue weighted by molar-refractivity contribution is -0.135. The summed E-state index contributed by atoms with van der Waals surface area (Å²) in [6.45, 7) is 3.38. The van der Waals surface area contributed by atoms with E-state index in [4.69, 9.17) is 9.63 Å². The molecule has 0 saturated heterocycles. The van der Waals surface area contributed by atoms with Gasteiger partial charge in [0.15, 0.2) is 5.69 Å². The van der Waals surface area contributed by atoms with Gasteiger partial charge >= 0.3 is 5.97 Å². The van der Waals surface area contributed by atoms with Crippen LogP contribution in [0.15, 0.2) is 10.6 Å². The highest BCUT2D eigenvalue weighted by Gasteiger charge is 2.14. The predicted molar refractivity (Wildman–Crippen MR) is 50.6 cm³/mol. The summed E-state index contributed by atoms with van der Waals surface area (Å²) in [5.41, 5.74) is 0.0972. The Labute approximate surface area is 86.3 Å². The van der Waals surface area contributed by atoms with E-state index in [1.165, 1.54) is 6.07 Å². The van der Waals surface area contributed by atoms with Crippen LogP contribution in [0.1, 0.15) is 36.0 Å². The van der Waals surface area contributed by atoms with Gasteiger partial charge in [-0.05, 0) is 0 Å². The number of aliphatic carboxylic acids is 1. The Morgan fingerprint density at radius 1 is 1.60 bits per heavy atom. The highest BCUT2D eigenvalue weighted by Crippen LogP contribution is 2.14. The van der Waals surface area contributed by atoms with Crippen molar-refractivity contribution >= 4 is 11.9 Å². The number of hydrogen-bond donors (Lipinski definition) is 2. The van der Waals surface area contributed by atoms with Crippen molar-refractivity contribution in [3.8, 4) is 0 Å². The Balaban J connectivity index is 2.62. The Hall–Kier alpha value is -1.85. The van der Waals surface area contributed by atoms with E-state index in [0.717, 1.165) is 0 Å². The van der Waals surface area contributed by atoms with Crippen LogP contribution in [0.4, 0.5) is 0 Å². The molecule has 1 amide bonds. The number of carbonyl (C=O) groups is 2. The van der Waals surface area contributed by atoms with Gasteiger partial charge in [0.05, 0.1) is 0 Å². The normalized spacial score (nSPS) is 10.3. The summed E-state index contributed by atoms with van der Waals surface area (Å²) in [6.07, 6.45) is 0. The number of carbonyl (C=O) groups excluding carboxylic acids is 1. The molecule has 0 bridgehead atoms. The largest absolute Gasteiger partial charge is 0.480 e.